The molecule has 0 radical (unpaired) electrons. The van der Waals surface area contributed by atoms with Gasteiger partial charge in [-0.3, -0.25) is 9.78 Å². The van der Waals surface area contributed by atoms with Crippen molar-refractivity contribution in [2.24, 2.45) is 5.92 Å². The Kier molecular flexibility index (Phi) is 5.74. The number of rotatable bonds is 5. The zero-order chi connectivity index (χ0) is 18.7. The number of aromatic nitrogens is 1. The molecule has 26 heavy (non-hydrogen) atoms. The van der Waals surface area contributed by atoms with E-state index in [1.807, 2.05) is 31.5 Å². The Bertz CT molecular complexity index is 830. The molecule has 1 aliphatic rings. The summed E-state index contributed by atoms with van der Waals surface area (Å²) in [5, 5.41) is 2.01. The van der Waals surface area contributed by atoms with Crippen LogP contribution >= 0.6 is 11.3 Å². The summed E-state index contributed by atoms with van der Waals surface area (Å²) in [5.74, 6) is -0.0490. The van der Waals surface area contributed by atoms with Crippen molar-refractivity contribution in [3.63, 3.8) is 0 Å². The Morgan fingerprint density at radius 2 is 2.04 bits per heavy atom. The highest BCUT2D eigenvalue weighted by atomic mass is 32.2. The van der Waals surface area contributed by atoms with Crippen molar-refractivity contribution in [2.75, 3.05) is 20.1 Å². The fourth-order valence-electron chi connectivity index (χ4n) is 3.19. The minimum absolute atomic E-state index is 0.0275. The van der Waals surface area contributed by atoms with Crippen LogP contribution < -0.4 is 0 Å². The van der Waals surface area contributed by atoms with Gasteiger partial charge in [-0.1, -0.05) is 6.07 Å². The van der Waals surface area contributed by atoms with E-state index in [-0.39, 0.29) is 22.8 Å². The highest BCUT2D eigenvalue weighted by Crippen LogP contribution is 2.29. The number of nitrogens with zero attached hydrogens (tertiary/aromatic N) is 3. The molecule has 1 saturated heterocycles. The van der Waals surface area contributed by atoms with Gasteiger partial charge >= 0.3 is 0 Å². The van der Waals surface area contributed by atoms with Crippen LogP contribution in [0, 0.1) is 5.92 Å². The first-order valence-electron chi connectivity index (χ1n) is 8.61. The average Bonchev–Trinajstić information content (AvgIpc) is 3.22. The number of amides is 1. The number of piperidine rings is 1. The van der Waals surface area contributed by atoms with E-state index in [1.165, 1.54) is 10.5 Å². The molecule has 0 spiro atoms. The van der Waals surface area contributed by atoms with Crippen LogP contribution in [0.5, 0.6) is 0 Å². The fraction of sp³-hybridized carbons (Fsp3) is 0.444. The summed E-state index contributed by atoms with van der Waals surface area (Å²) < 4.78 is 26.8. The minimum atomic E-state index is -3.54. The zero-order valence-corrected chi connectivity index (χ0v) is 16.5. The third kappa shape index (κ3) is 3.82. The lowest BCUT2D eigenvalue weighted by Crippen LogP contribution is -2.43. The van der Waals surface area contributed by atoms with Crippen molar-refractivity contribution < 1.29 is 13.2 Å². The summed E-state index contributed by atoms with van der Waals surface area (Å²) in [6, 6.07) is 7.21. The first-order valence-corrected chi connectivity index (χ1v) is 10.9. The van der Waals surface area contributed by atoms with Gasteiger partial charge in [-0.2, -0.15) is 4.31 Å². The quantitative estimate of drug-likeness (QED) is 0.783. The zero-order valence-electron chi connectivity index (χ0n) is 14.9. The smallest absolute Gasteiger partial charge is 0.244 e. The normalized spacial score (nSPS) is 17.8. The molecule has 0 aliphatic carbocycles. The Balaban J connectivity index is 1.62. The van der Waals surface area contributed by atoms with Crippen LogP contribution in [0.3, 0.4) is 0 Å². The number of carbonyl (C=O) groups is 1. The van der Waals surface area contributed by atoms with Gasteiger partial charge in [0.15, 0.2) is 0 Å². The lowest BCUT2D eigenvalue weighted by Gasteiger charge is -2.34. The van der Waals surface area contributed by atoms with Gasteiger partial charge in [0.25, 0.3) is 0 Å². The molecule has 8 heteroatoms. The van der Waals surface area contributed by atoms with Gasteiger partial charge in [-0.25, -0.2) is 8.42 Å². The molecule has 1 aliphatic heterocycles. The minimum Gasteiger partial charge on any atom is -0.338 e. The van der Waals surface area contributed by atoms with Gasteiger partial charge in [0.2, 0.25) is 15.9 Å². The average molecular weight is 394 g/mol. The van der Waals surface area contributed by atoms with Crippen molar-refractivity contribution in [3.8, 4) is 0 Å². The number of hydrogen-bond donors (Lipinski definition) is 0. The summed E-state index contributed by atoms with van der Waals surface area (Å²) in [7, 11) is -1.71. The Morgan fingerprint density at radius 3 is 2.62 bits per heavy atom. The Morgan fingerprint density at radius 1 is 1.31 bits per heavy atom. The summed E-state index contributed by atoms with van der Waals surface area (Å²) in [6.07, 6.45) is 4.00. The number of hydrogen-bond acceptors (Lipinski definition) is 5. The van der Waals surface area contributed by atoms with E-state index in [4.69, 9.17) is 0 Å². The lowest BCUT2D eigenvalue weighted by atomic mass is 9.96. The van der Waals surface area contributed by atoms with Crippen LogP contribution in [-0.2, 0) is 14.8 Å². The topological polar surface area (TPSA) is 70.6 Å². The Labute approximate surface area is 158 Å². The van der Waals surface area contributed by atoms with E-state index < -0.39 is 10.0 Å². The van der Waals surface area contributed by atoms with Crippen molar-refractivity contribution in [2.45, 2.75) is 30.7 Å². The maximum atomic E-state index is 12.8. The van der Waals surface area contributed by atoms with Gasteiger partial charge < -0.3 is 4.90 Å². The van der Waals surface area contributed by atoms with E-state index in [9.17, 15) is 13.2 Å². The van der Waals surface area contributed by atoms with Crippen molar-refractivity contribution in [3.05, 3.63) is 46.9 Å². The molecule has 6 nitrogen and oxygen atoms in total. The maximum absolute atomic E-state index is 12.8. The second-order valence-electron chi connectivity index (χ2n) is 6.51. The summed E-state index contributed by atoms with van der Waals surface area (Å²) in [4.78, 5) is 19.8. The molecule has 2 aromatic rings. The monoisotopic (exact) mass is 393 g/mol. The second kappa shape index (κ2) is 7.85. The molecule has 2 aromatic heterocycles. The summed E-state index contributed by atoms with van der Waals surface area (Å²) in [6.45, 7) is 2.73. The number of sulfonamides is 1. The van der Waals surface area contributed by atoms with Crippen LogP contribution in [0.25, 0.3) is 0 Å². The van der Waals surface area contributed by atoms with Crippen molar-refractivity contribution >= 4 is 27.3 Å². The number of thiophene rings is 1. The Hall–Kier alpha value is -1.77. The third-order valence-corrected chi connectivity index (χ3v) is 7.88. The molecular weight excluding hydrogens is 370 g/mol. The maximum Gasteiger partial charge on any atom is 0.244 e. The van der Waals surface area contributed by atoms with E-state index in [2.05, 4.69) is 4.98 Å². The van der Waals surface area contributed by atoms with E-state index in [0.29, 0.717) is 25.9 Å². The highest BCUT2D eigenvalue weighted by molar-refractivity contribution is 7.89. The molecule has 1 amide bonds. The molecule has 0 bridgehead atoms. The summed E-state index contributed by atoms with van der Waals surface area (Å²) >= 11 is 1.64. The van der Waals surface area contributed by atoms with Crippen LogP contribution in [0.2, 0.25) is 0 Å². The fourth-order valence-corrected chi connectivity index (χ4v) is 5.45. The van der Waals surface area contributed by atoms with Crippen LogP contribution in [0.15, 0.2) is 46.9 Å². The van der Waals surface area contributed by atoms with E-state index in [0.717, 1.165) is 4.88 Å². The second-order valence-corrected chi connectivity index (χ2v) is 9.42. The summed E-state index contributed by atoms with van der Waals surface area (Å²) in [5.41, 5.74) is 0. The number of carbonyl (C=O) groups excluding carboxylic acids is 1. The molecule has 0 saturated carbocycles. The predicted octanol–water partition coefficient (Wildman–Crippen LogP) is 2.76. The lowest BCUT2D eigenvalue weighted by molar-refractivity contribution is -0.137. The van der Waals surface area contributed by atoms with E-state index in [1.54, 1.807) is 34.6 Å². The molecular formula is C18H23N3O3S2. The first kappa shape index (κ1) is 19.0. The van der Waals surface area contributed by atoms with Gasteiger partial charge in [0.05, 0.1) is 6.04 Å². The van der Waals surface area contributed by atoms with Crippen LogP contribution in [0.4, 0.5) is 0 Å². The van der Waals surface area contributed by atoms with Gasteiger partial charge in [-0.05, 0) is 43.3 Å². The molecule has 0 aromatic carbocycles. The molecule has 0 N–H and O–H groups in total. The molecule has 3 heterocycles. The van der Waals surface area contributed by atoms with E-state index >= 15 is 0 Å². The number of pyridine rings is 1. The molecule has 1 fully saturated rings. The highest BCUT2D eigenvalue weighted by Gasteiger charge is 2.34. The molecule has 1 atom stereocenters. The van der Waals surface area contributed by atoms with Gasteiger partial charge in [0.1, 0.15) is 4.90 Å². The van der Waals surface area contributed by atoms with Crippen molar-refractivity contribution in [1.82, 2.24) is 14.2 Å². The van der Waals surface area contributed by atoms with Crippen LogP contribution in [0.1, 0.15) is 30.7 Å². The third-order valence-electron chi connectivity index (χ3n) is 4.96. The predicted molar refractivity (Wildman–Crippen MR) is 101 cm³/mol. The standard InChI is InChI=1S/C18H23N3O3S2/c1-14(17-6-4-12-25-17)20(2)18(22)15-7-10-21(11-8-15)26(23,24)16-5-3-9-19-13-16/h3-6,9,12-15H,7-8,10-11H2,1-2H3. The van der Waals surface area contributed by atoms with Gasteiger partial charge in [-0.15, -0.1) is 11.3 Å². The van der Waals surface area contributed by atoms with Gasteiger partial charge in [0, 0.05) is 43.3 Å². The first-order chi connectivity index (χ1) is 12.4. The molecule has 1 unspecified atom stereocenters. The molecule has 140 valence electrons. The SMILES string of the molecule is CC(c1cccs1)N(C)C(=O)C1CCN(S(=O)(=O)c2cccnc2)CC1. The van der Waals surface area contributed by atoms with Crippen LogP contribution in [-0.4, -0.2) is 48.7 Å². The largest absolute Gasteiger partial charge is 0.338 e. The molecule has 3 rings (SSSR count). The van der Waals surface area contributed by atoms with Crippen molar-refractivity contribution in [1.29, 1.82) is 0 Å².